The average molecular weight is 313 g/mol. The molecular formula is C13H13ClN2O3S. The standard InChI is InChI=1S/C13H13ClN2O3S/c1-8-5-10(11(19-2)6-9(8)14)16-4-3-15-13(16)20-7-12(17)18/h3-6H,7H2,1-2H3,(H,17,18). The van der Waals surface area contributed by atoms with E-state index in [1.54, 1.807) is 30.1 Å². The third-order valence-electron chi connectivity index (χ3n) is 2.65. The molecule has 2 aromatic rings. The summed E-state index contributed by atoms with van der Waals surface area (Å²) in [6.45, 7) is 1.90. The van der Waals surface area contributed by atoms with Crippen molar-refractivity contribution in [3.8, 4) is 11.4 Å². The minimum Gasteiger partial charge on any atom is -0.495 e. The van der Waals surface area contributed by atoms with Gasteiger partial charge in [0.15, 0.2) is 5.16 Å². The summed E-state index contributed by atoms with van der Waals surface area (Å²) < 4.78 is 7.11. The summed E-state index contributed by atoms with van der Waals surface area (Å²) in [4.78, 5) is 14.8. The third kappa shape index (κ3) is 3.08. The third-order valence-corrected chi connectivity index (χ3v) is 4.01. The summed E-state index contributed by atoms with van der Waals surface area (Å²) in [6, 6.07) is 3.62. The molecule has 5 nitrogen and oxygen atoms in total. The second kappa shape index (κ2) is 6.19. The Kier molecular flexibility index (Phi) is 4.57. The predicted molar refractivity (Wildman–Crippen MR) is 78.2 cm³/mol. The van der Waals surface area contributed by atoms with Crippen molar-refractivity contribution in [1.29, 1.82) is 0 Å². The highest BCUT2D eigenvalue weighted by Gasteiger charge is 2.13. The van der Waals surface area contributed by atoms with Gasteiger partial charge in [-0.15, -0.1) is 0 Å². The van der Waals surface area contributed by atoms with E-state index in [0.29, 0.717) is 15.9 Å². The number of carbonyl (C=O) groups is 1. The van der Waals surface area contributed by atoms with Crippen LogP contribution in [0.5, 0.6) is 5.75 Å². The molecule has 0 aliphatic rings. The molecule has 0 amide bonds. The molecule has 1 N–H and O–H groups in total. The molecule has 0 aliphatic heterocycles. The molecule has 1 aromatic carbocycles. The van der Waals surface area contributed by atoms with Crippen molar-refractivity contribution in [2.75, 3.05) is 12.9 Å². The number of aromatic nitrogens is 2. The number of imidazole rings is 1. The maximum atomic E-state index is 10.7. The number of methoxy groups -OCH3 is 1. The number of benzene rings is 1. The van der Waals surface area contributed by atoms with Crippen LogP contribution in [0.15, 0.2) is 29.7 Å². The molecule has 0 fully saturated rings. The molecule has 1 aromatic heterocycles. The molecule has 0 radical (unpaired) electrons. The summed E-state index contributed by atoms with van der Waals surface area (Å²) in [7, 11) is 1.56. The SMILES string of the molecule is COc1cc(Cl)c(C)cc1-n1ccnc1SCC(=O)O. The smallest absolute Gasteiger partial charge is 0.313 e. The van der Waals surface area contributed by atoms with E-state index < -0.39 is 5.97 Å². The Bertz CT molecular complexity index is 643. The normalized spacial score (nSPS) is 10.6. The number of carboxylic acids is 1. The van der Waals surface area contributed by atoms with Gasteiger partial charge in [-0.3, -0.25) is 9.36 Å². The van der Waals surface area contributed by atoms with Crippen molar-refractivity contribution >= 4 is 29.3 Å². The number of ether oxygens (including phenoxy) is 1. The van der Waals surface area contributed by atoms with Gasteiger partial charge in [0, 0.05) is 23.5 Å². The first-order chi connectivity index (χ1) is 9.52. The number of hydrogen-bond acceptors (Lipinski definition) is 4. The second-order valence-electron chi connectivity index (χ2n) is 4.04. The quantitative estimate of drug-likeness (QED) is 0.860. The van der Waals surface area contributed by atoms with Crippen molar-refractivity contribution in [3.63, 3.8) is 0 Å². The molecule has 0 saturated heterocycles. The van der Waals surface area contributed by atoms with Gasteiger partial charge in [-0.1, -0.05) is 23.4 Å². The van der Waals surface area contributed by atoms with Crippen molar-refractivity contribution in [1.82, 2.24) is 9.55 Å². The Morgan fingerprint density at radius 2 is 2.30 bits per heavy atom. The van der Waals surface area contributed by atoms with Crippen LogP contribution >= 0.6 is 23.4 Å². The van der Waals surface area contributed by atoms with Crippen LogP contribution in [0, 0.1) is 6.92 Å². The largest absolute Gasteiger partial charge is 0.495 e. The topological polar surface area (TPSA) is 64.4 Å². The molecule has 0 unspecified atom stereocenters. The van der Waals surface area contributed by atoms with Crippen LogP contribution in [0.25, 0.3) is 5.69 Å². The molecule has 0 aliphatic carbocycles. The Hall–Kier alpha value is -1.66. The van der Waals surface area contributed by atoms with E-state index in [9.17, 15) is 4.79 Å². The van der Waals surface area contributed by atoms with Crippen molar-refractivity contribution in [3.05, 3.63) is 35.1 Å². The lowest BCUT2D eigenvalue weighted by atomic mass is 10.2. The molecule has 106 valence electrons. The van der Waals surface area contributed by atoms with E-state index >= 15 is 0 Å². The van der Waals surface area contributed by atoms with Gasteiger partial charge in [-0.25, -0.2) is 4.98 Å². The highest BCUT2D eigenvalue weighted by Crippen LogP contribution is 2.32. The summed E-state index contributed by atoms with van der Waals surface area (Å²) >= 11 is 7.23. The van der Waals surface area contributed by atoms with E-state index in [2.05, 4.69) is 4.98 Å². The number of rotatable bonds is 5. The van der Waals surface area contributed by atoms with Crippen molar-refractivity contribution in [2.45, 2.75) is 12.1 Å². The first kappa shape index (κ1) is 14.7. The lowest BCUT2D eigenvalue weighted by molar-refractivity contribution is -0.133. The molecule has 0 spiro atoms. The van der Waals surface area contributed by atoms with Crippen molar-refractivity contribution < 1.29 is 14.6 Å². The zero-order chi connectivity index (χ0) is 14.7. The molecule has 0 saturated carbocycles. The molecule has 2 rings (SSSR count). The van der Waals surface area contributed by atoms with Gasteiger partial charge in [0.25, 0.3) is 0 Å². The van der Waals surface area contributed by atoms with Crippen molar-refractivity contribution in [2.24, 2.45) is 0 Å². The maximum absolute atomic E-state index is 10.7. The van der Waals surface area contributed by atoms with E-state index in [-0.39, 0.29) is 5.75 Å². The van der Waals surface area contributed by atoms with Gasteiger partial charge in [0.05, 0.1) is 18.6 Å². The van der Waals surface area contributed by atoms with Crippen LogP contribution in [0.2, 0.25) is 5.02 Å². The van der Waals surface area contributed by atoms with Gasteiger partial charge < -0.3 is 9.84 Å². The van der Waals surface area contributed by atoms with Crippen LogP contribution in [0.4, 0.5) is 0 Å². The number of nitrogens with zero attached hydrogens (tertiary/aromatic N) is 2. The maximum Gasteiger partial charge on any atom is 0.313 e. The molecule has 1 heterocycles. The van der Waals surface area contributed by atoms with Crippen LogP contribution in [0.3, 0.4) is 0 Å². The number of halogens is 1. The molecule has 0 bridgehead atoms. The molecule has 20 heavy (non-hydrogen) atoms. The monoisotopic (exact) mass is 312 g/mol. The van der Waals surface area contributed by atoms with Crippen LogP contribution < -0.4 is 4.74 Å². The summed E-state index contributed by atoms with van der Waals surface area (Å²) in [5.74, 6) is -0.328. The van der Waals surface area contributed by atoms with Gasteiger partial charge in [-0.2, -0.15) is 0 Å². The predicted octanol–water partition coefficient (Wildman–Crippen LogP) is 3.02. The Labute approximate surface area is 125 Å². The van der Waals surface area contributed by atoms with E-state index in [4.69, 9.17) is 21.4 Å². The number of aliphatic carboxylic acids is 1. The average Bonchev–Trinajstić information content (AvgIpc) is 2.87. The lowest BCUT2D eigenvalue weighted by Crippen LogP contribution is -2.03. The van der Waals surface area contributed by atoms with Gasteiger partial charge >= 0.3 is 5.97 Å². The Balaban J connectivity index is 2.44. The van der Waals surface area contributed by atoms with E-state index in [1.165, 1.54) is 0 Å². The van der Waals surface area contributed by atoms with Crippen LogP contribution in [-0.4, -0.2) is 33.5 Å². The van der Waals surface area contributed by atoms with Crippen LogP contribution in [-0.2, 0) is 4.79 Å². The lowest BCUT2D eigenvalue weighted by Gasteiger charge is -2.13. The van der Waals surface area contributed by atoms with E-state index in [0.717, 1.165) is 23.0 Å². The molecule has 7 heteroatoms. The molecular weight excluding hydrogens is 300 g/mol. The fraction of sp³-hybridized carbons (Fsp3) is 0.231. The number of aryl methyl sites for hydroxylation is 1. The highest BCUT2D eigenvalue weighted by atomic mass is 35.5. The summed E-state index contributed by atoms with van der Waals surface area (Å²) in [5, 5.41) is 9.96. The van der Waals surface area contributed by atoms with Gasteiger partial charge in [0.2, 0.25) is 0 Å². The minimum absolute atomic E-state index is 0.0497. The van der Waals surface area contributed by atoms with Gasteiger partial charge in [0.1, 0.15) is 5.75 Å². The zero-order valence-electron chi connectivity index (χ0n) is 11.0. The number of thioether (sulfide) groups is 1. The highest BCUT2D eigenvalue weighted by molar-refractivity contribution is 7.99. The Morgan fingerprint density at radius 1 is 1.55 bits per heavy atom. The fourth-order valence-electron chi connectivity index (χ4n) is 1.71. The number of carboxylic acid groups (broad SMARTS) is 1. The minimum atomic E-state index is -0.885. The summed E-state index contributed by atoms with van der Waals surface area (Å²) in [6.07, 6.45) is 3.38. The first-order valence-electron chi connectivity index (χ1n) is 5.75. The first-order valence-corrected chi connectivity index (χ1v) is 7.11. The van der Waals surface area contributed by atoms with Gasteiger partial charge in [-0.05, 0) is 18.6 Å². The van der Waals surface area contributed by atoms with E-state index in [1.807, 2.05) is 13.0 Å². The number of hydrogen-bond donors (Lipinski definition) is 1. The molecule has 0 atom stereocenters. The Morgan fingerprint density at radius 3 is 2.95 bits per heavy atom. The van der Waals surface area contributed by atoms with Crippen LogP contribution in [0.1, 0.15) is 5.56 Å². The zero-order valence-corrected chi connectivity index (χ0v) is 12.5. The second-order valence-corrected chi connectivity index (χ2v) is 5.39. The fourth-order valence-corrected chi connectivity index (χ4v) is 2.55. The summed E-state index contributed by atoms with van der Waals surface area (Å²) in [5.41, 5.74) is 1.69.